The molecule has 0 radical (unpaired) electrons. The molecule has 41 heavy (non-hydrogen) atoms. The van der Waals surface area contributed by atoms with Crippen LogP contribution >= 0.6 is 0 Å². The van der Waals surface area contributed by atoms with Crippen LogP contribution in [0.1, 0.15) is 27.0 Å². The number of carboxylic acids is 1. The van der Waals surface area contributed by atoms with Gasteiger partial charge in [0.15, 0.2) is 6.61 Å². The van der Waals surface area contributed by atoms with Gasteiger partial charge in [-0.1, -0.05) is 91.0 Å². The zero-order chi connectivity index (χ0) is 28.3. The van der Waals surface area contributed by atoms with Gasteiger partial charge in [0.2, 0.25) is 5.91 Å². The van der Waals surface area contributed by atoms with Gasteiger partial charge in [0.1, 0.15) is 5.75 Å². The van der Waals surface area contributed by atoms with Crippen molar-refractivity contribution in [3.8, 4) is 16.9 Å². The third-order valence-electron chi connectivity index (χ3n) is 7.36. The normalized spacial score (nSPS) is 11.1. The summed E-state index contributed by atoms with van der Waals surface area (Å²) in [4.78, 5) is 24.2. The molecular weight excluding hydrogens is 512 g/mol. The van der Waals surface area contributed by atoms with Crippen LogP contribution in [0.4, 0.5) is 0 Å². The minimum atomic E-state index is -1.09. The second-order valence-corrected chi connectivity index (χ2v) is 10.00. The van der Waals surface area contributed by atoms with Gasteiger partial charge < -0.3 is 20.1 Å². The third-order valence-corrected chi connectivity index (χ3v) is 7.36. The highest BCUT2D eigenvalue weighted by Crippen LogP contribution is 2.41. The second kappa shape index (κ2) is 11.0. The Kier molecular flexibility index (Phi) is 6.96. The van der Waals surface area contributed by atoms with Crippen molar-refractivity contribution < 1.29 is 19.4 Å². The summed E-state index contributed by atoms with van der Waals surface area (Å²) in [5.41, 5.74) is 13.2. The number of benzene rings is 5. The molecule has 0 spiro atoms. The molecule has 1 amide bonds. The van der Waals surface area contributed by atoms with Crippen molar-refractivity contribution in [2.45, 2.75) is 13.0 Å². The van der Waals surface area contributed by atoms with Gasteiger partial charge in [0.25, 0.3) is 0 Å². The van der Waals surface area contributed by atoms with E-state index in [2.05, 4.69) is 34.9 Å². The van der Waals surface area contributed by atoms with Crippen molar-refractivity contribution in [1.82, 2.24) is 4.57 Å². The van der Waals surface area contributed by atoms with Gasteiger partial charge in [-0.25, -0.2) is 4.79 Å². The summed E-state index contributed by atoms with van der Waals surface area (Å²) in [5.74, 6) is -1.26. The molecule has 6 nitrogen and oxygen atoms in total. The van der Waals surface area contributed by atoms with E-state index in [1.165, 1.54) is 11.1 Å². The molecule has 3 N–H and O–H groups in total. The molecule has 0 aliphatic heterocycles. The van der Waals surface area contributed by atoms with Crippen molar-refractivity contribution >= 4 is 33.7 Å². The molecule has 0 unspecified atom stereocenters. The Morgan fingerprint density at radius 3 is 2.10 bits per heavy atom. The maximum Gasteiger partial charge on any atom is 0.341 e. The SMILES string of the molecule is NC(=O)c1cccc2c1c1c(OCC(=O)O)cc(-c3ccccc3)cc1n2Cc1ccccc1Cc1ccccc1. The smallest absolute Gasteiger partial charge is 0.341 e. The van der Waals surface area contributed by atoms with Gasteiger partial charge >= 0.3 is 5.97 Å². The molecular formula is C35H28N2O4. The molecule has 0 saturated carbocycles. The minimum absolute atomic E-state index is 0.358. The topological polar surface area (TPSA) is 94.6 Å². The molecule has 1 aromatic heterocycles. The maximum absolute atomic E-state index is 12.6. The first-order valence-corrected chi connectivity index (χ1v) is 13.4. The van der Waals surface area contributed by atoms with Crippen molar-refractivity contribution in [2.75, 3.05) is 6.61 Å². The number of hydrogen-bond acceptors (Lipinski definition) is 3. The summed E-state index contributed by atoms with van der Waals surface area (Å²) in [6.45, 7) is 0.0144. The van der Waals surface area contributed by atoms with Gasteiger partial charge in [-0.15, -0.1) is 0 Å². The lowest BCUT2D eigenvalue weighted by molar-refractivity contribution is -0.139. The van der Waals surface area contributed by atoms with Crippen LogP contribution in [0.15, 0.2) is 115 Å². The molecule has 0 fully saturated rings. The number of aromatic nitrogens is 1. The first-order chi connectivity index (χ1) is 20.0. The highest BCUT2D eigenvalue weighted by Gasteiger charge is 2.22. The Bertz CT molecular complexity index is 1890. The Balaban J connectivity index is 1.61. The van der Waals surface area contributed by atoms with E-state index in [4.69, 9.17) is 10.5 Å². The number of primary amides is 1. The molecule has 5 aromatic carbocycles. The number of nitrogens with two attached hydrogens (primary N) is 1. The van der Waals surface area contributed by atoms with Crippen LogP contribution in [0, 0.1) is 0 Å². The summed E-state index contributed by atoms with van der Waals surface area (Å²) in [7, 11) is 0. The number of carbonyl (C=O) groups is 2. The summed E-state index contributed by atoms with van der Waals surface area (Å²) in [6.07, 6.45) is 0.781. The molecule has 6 rings (SSSR count). The van der Waals surface area contributed by atoms with Crippen LogP contribution in [0.25, 0.3) is 32.9 Å². The third kappa shape index (κ3) is 5.15. The molecule has 0 aliphatic rings. The van der Waals surface area contributed by atoms with Crippen molar-refractivity contribution in [2.24, 2.45) is 5.73 Å². The van der Waals surface area contributed by atoms with E-state index >= 15 is 0 Å². The monoisotopic (exact) mass is 540 g/mol. The van der Waals surface area contributed by atoms with Crippen molar-refractivity contribution in [3.63, 3.8) is 0 Å². The molecule has 6 heteroatoms. The van der Waals surface area contributed by atoms with E-state index in [0.29, 0.717) is 28.6 Å². The molecule has 1 heterocycles. The van der Waals surface area contributed by atoms with Crippen LogP contribution in [0.5, 0.6) is 5.75 Å². The number of fused-ring (bicyclic) bond motifs is 3. The molecule has 0 aliphatic carbocycles. The lowest BCUT2D eigenvalue weighted by Gasteiger charge is -2.14. The molecule has 202 valence electrons. The average Bonchev–Trinajstić information content (AvgIpc) is 3.31. The number of carbonyl (C=O) groups excluding carboxylic acids is 1. The molecule has 0 saturated heterocycles. The Morgan fingerprint density at radius 1 is 0.707 bits per heavy atom. The van der Waals surface area contributed by atoms with Gasteiger partial charge in [-0.3, -0.25) is 4.79 Å². The highest BCUT2D eigenvalue weighted by molar-refractivity contribution is 6.20. The zero-order valence-corrected chi connectivity index (χ0v) is 22.3. The van der Waals surface area contributed by atoms with E-state index < -0.39 is 18.5 Å². The largest absolute Gasteiger partial charge is 0.481 e. The Labute approximate surface area is 237 Å². The first kappa shape index (κ1) is 25.9. The Hall–Kier alpha value is -5.36. The quantitative estimate of drug-likeness (QED) is 0.214. The van der Waals surface area contributed by atoms with Crippen LogP contribution in [-0.2, 0) is 17.8 Å². The van der Waals surface area contributed by atoms with E-state index in [9.17, 15) is 14.7 Å². The predicted octanol–water partition coefficient (Wildman–Crippen LogP) is 6.66. The zero-order valence-electron chi connectivity index (χ0n) is 22.3. The summed E-state index contributed by atoms with van der Waals surface area (Å²) < 4.78 is 8.05. The molecule has 6 aromatic rings. The summed E-state index contributed by atoms with van der Waals surface area (Å²) in [5, 5.41) is 10.7. The fraction of sp³-hybridized carbons (Fsp3) is 0.0857. The van der Waals surface area contributed by atoms with E-state index in [1.54, 1.807) is 6.07 Å². The minimum Gasteiger partial charge on any atom is -0.481 e. The molecule has 0 atom stereocenters. The van der Waals surface area contributed by atoms with E-state index in [-0.39, 0.29) is 0 Å². The Morgan fingerprint density at radius 2 is 1.39 bits per heavy atom. The number of rotatable bonds is 9. The highest BCUT2D eigenvalue weighted by atomic mass is 16.5. The fourth-order valence-electron chi connectivity index (χ4n) is 5.52. The predicted molar refractivity (Wildman–Crippen MR) is 161 cm³/mol. The van der Waals surface area contributed by atoms with E-state index in [0.717, 1.165) is 34.1 Å². The summed E-state index contributed by atoms with van der Waals surface area (Å²) in [6, 6.07) is 37.9. The standard InChI is InChI=1S/C35H28N2O4/c36-35(40)28-16-9-17-29-33(28)34-30(19-27(24-12-5-2-6-13-24)20-31(34)41-22-32(38)39)37(29)21-26-15-8-7-14-25(26)18-23-10-3-1-4-11-23/h1-17,19-20H,18,21-22H2,(H2,36,40)(H,38,39). The lowest BCUT2D eigenvalue weighted by Crippen LogP contribution is -2.11. The average molecular weight is 541 g/mol. The number of hydrogen-bond donors (Lipinski definition) is 2. The van der Waals surface area contributed by atoms with Crippen molar-refractivity contribution in [1.29, 1.82) is 0 Å². The van der Waals surface area contributed by atoms with Crippen molar-refractivity contribution in [3.05, 3.63) is 138 Å². The molecule has 0 bridgehead atoms. The number of ether oxygens (including phenoxy) is 1. The number of amides is 1. The van der Waals surface area contributed by atoms with Crippen LogP contribution in [0.3, 0.4) is 0 Å². The van der Waals surface area contributed by atoms with Gasteiger partial charge in [0.05, 0.1) is 16.4 Å². The van der Waals surface area contributed by atoms with Gasteiger partial charge in [-0.05, 0) is 58.5 Å². The second-order valence-electron chi connectivity index (χ2n) is 10.00. The maximum atomic E-state index is 12.6. The number of carboxylic acid groups (broad SMARTS) is 1. The fourth-order valence-corrected chi connectivity index (χ4v) is 5.52. The van der Waals surface area contributed by atoms with Gasteiger partial charge in [-0.2, -0.15) is 0 Å². The van der Waals surface area contributed by atoms with Crippen LogP contribution in [-0.4, -0.2) is 28.2 Å². The first-order valence-electron chi connectivity index (χ1n) is 13.4. The number of aliphatic carboxylic acids is 1. The van der Waals surface area contributed by atoms with Gasteiger partial charge in [0, 0.05) is 17.5 Å². The summed E-state index contributed by atoms with van der Waals surface area (Å²) >= 11 is 0. The number of nitrogens with zero attached hydrogens (tertiary/aromatic N) is 1. The lowest BCUT2D eigenvalue weighted by atomic mass is 9.99. The van der Waals surface area contributed by atoms with E-state index in [1.807, 2.05) is 78.9 Å². The van der Waals surface area contributed by atoms with Crippen LogP contribution < -0.4 is 10.5 Å². The van der Waals surface area contributed by atoms with Crippen LogP contribution in [0.2, 0.25) is 0 Å².